The second kappa shape index (κ2) is 13.3. The fraction of sp³-hybridized carbons (Fsp3) is 0.393. The van der Waals surface area contributed by atoms with Gasteiger partial charge in [-0.05, 0) is 45.0 Å². The highest BCUT2D eigenvalue weighted by molar-refractivity contribution is 7.83. The molecule has 1 aromatic heterocycles. The number of rotatable bonds is 10. The fourth-order valence-corrected chi connectivity index (χ4v) is 6.38. The molecule has 1 unspecified atom stereocenters. The zero-order valence-electron chi connectivity index (χ0n) is 23.3. The molecule has 1 amide bonds. The van der Waals surface area contributed by atoms with Crippen molar-refractivity contribution in [3.63, 3.8) is 0 Å². The highest BCUT2D eigenvalue weighted by Gasteiger charge is 2.35. The summed E-state index contributed by atoms with van der Waals surface area (Å²) in [6, 6.07) is 12.8. The third-order valence-corrected chi connectivity index (χ3v) is 9.13. The number of halogens is 2. The van der Waals surface area contributed by atoms with E-state index in [4.69, 9.17) is 39.4 Å². The quantitative estimate of drug-likeness (QED) is 0.234. The molecule has 220 valence electrons. The number of guanidine groups is 1. The lowest BCUT2D eigenvalue weighted by Gasteiger charge is -2.38. The van der Waals surface area contributed by atoms with Crippen molar-refractivity contribution >= 4 is 57.0 Å². The number of ether oxygens (including phenoxy) is 1. The van der Waals surface area contributed by atoms with Crippen molar-refractivity contribution in [3.8, 4) is 5.75 Å². The predicted molar refractivity (Wildman–Crippen MR) is 165 cm³/mol. The van der Waals surface area contributed by atoms with Gasteiger partial charge in [0.15, 0.2) is 5.96 Å². The number of aliphatic imine (C=N–C) groups is 1. The summed E-state index contributed by atoms with van der Waals surface area (Å²) < 4.78 is 22.5. The first-order chi connectivity index (χ1) is 19.5. The first-order valence-electron chi connectivity index (χ1n) is 13.2. The Balaban J connectivity index is 1.42. The van der Waals surface area contributed by atoms with Crippen LogP contribution in [0, 0.1) is 6.92 Å². The molecule has 1 aliphatic heterocycles. The number of piperazine rings is 1. The van der Waals surface area contributed by atoms with Gasteiger partial charge >= 0.3 is 0 Å². The molecule has 0 bridgehead atoms. The van der Waals surface area contributed by atoms with E-state index in [2.05, 4.69) is 19.6 Å². The van der Waals surface area contributed by atoms with E-state index in [9.17, 15) is 9.00 Å². The van der Waals surface area contributed by atoms with Crippen LogP contribution in [-0.4, -0.2) is 75.7 Å². The molecule has 1 atom stereocenters. The van der Waals surface area contributed by atoms with Gasteiger partial charge in [-0.3, -0.25) is 14.7 Å². The normalized spacial score (nSPS) is 15.1. The Bertz CT molecular complexity index is 1470. The Kier molecular flexibility index (Phi) is 10.1. The van der Waals surface area contributed by atoms with Crippen LogP contribution in [0.4, 0.5) is 0 Å². The van der Waals surface area contributed by atoms with Gasteiger partial charge in [-0.1, -0.05) is 41.4 Å². The molecule has 10 nitrogen and oxygen atoms in total. The van der Waals surface area contributed by atoms with Crippen LogP contribution in [-0.2, 0) is 22.4 Å². The van der Waals surface area contributed by atoms with Gasteiger partial charge in [0.1, 0.15) is 34.4 Å². The number of nitrogens with two attached hydrogens (primary N) is 2. The minimum Gasteiger partial charge on any atom is -0.487 e. The molecule has 13 heteroatoms. The van der Waals surface area contributed by atoms with Crippen molar-refractivity contribution in [2.75, 3.05) is 39.3 Å². The van der Waals surface area contributed by atoms with E-state index in [0.29, 0.717) is 60.5 Å². The maximum absolute atomic E-state index is 13.5. The van der Waals surface area contributed by atoms with Crippen LogP contribution in [0.5, 0.6) is 5.75 Å². The molecule has 2 aromatic carbocycles. The smallest absolute Gasteiger partial charge is 0.243 e. The number of aryl methyl sites for hydroxylation is 1. The number of hydrogen-bond acceptors (Lipinski definition) is 6. The van der Waals surface area contributed by atoms with E-state index in [1.165, 1.54) is 0 Å². The summed E-state index contributed by atoms with van der Waals surface area (Å²) in [7, 11) is -1.80. The average molecular weight is 621 g/mol. The Hall–Kier alpha value is -2.96. The van der Waals surface area contributed by atoms with Crippen LogP contribution in [0.2, 0.25) is 10.0 Å². The predicted octanol–water partition coefficient (Wildman–Crippen LogP) is 3.24. The lowest BCUT2D eigenvalue weighted by molar-refractivity contribution is -0.138. The number of nitrogens with one attached hydrogen (secondary N) is 1. The highest BCUT2D eigenvalue weighted by atomic mass is 35.5. The number of nitrogens with zero attached hydrogens (tertiary/aromatic N) is 4. The van der Waals surface area contributed by atoms with Crippen LogP contribution in [0.1, 0.15) is 25.1 Å². The zero-order valence-corrected chi connectivity index (χ0v) is 25.7. The Morgan fingerprint density at radius 3 is 2.56 bits per heavy atom. The van der Waals surface area contributed by atoms with Gasteiger partial charge < -0.3 is 21.1 Å². The Labute approximate surface area is 252 Å². The summed E-state index contributed by atoms with van der Waals surface area (Å²) in [6.07, 6.45) is 0. The standard InChI is InChI=1S/C28H35Cl2N7O3S/c1-18-7-8-19-5-4-6-22(25(19)34-18)40-17-20-21(29)9-10-23(24(20)30)41(39)35-28(2,3)26(38)37-15-13-36(14-16-37)12-11-33-27(31)32/h4-10,35H,11-17H2,1-3H3,(H4,31,32,33). The van der Waals surface area contributed by atoms with Gasteiger partial charge in [-0.2, -0.15) is 0 Å². The van der Waals surface area contributed by atoms with Gasteiger partial charge in [-0.15, -0.1) is 0 Å². The lowest BCUT2D eigenvalue weighted by Crippen LogP contribution is -2.59. The highest BCUT2D eigenvalue weighted by Crippen LogP contribution is 2.33. The van der Waals surface area contributed by atoms with E-state index in [1.807, 2.05) is 37.3 Å². The summed E-state index contributed by atoms with van der Waals surface area (Å²) in [6.45, 7) is 9.09. The molecule has 4 rings (SSSR count). The summed E-state index contributed by atoms with van der Waals surface area (Å²) in [5.74, 6) is 0.505. The zero-order chi connectivity index (χ0) is 29.7. The number of hydrogen-bond donors (Lipinski definition) is 3. The number of benzene rings is 2. The van der Waals surface area contributed by atoms with E-state index < -0.39 is 16.5 Å². The van der Waals surface area contributed by atoms with Crippen molar-refractivity contribution in [1.82, 2.24) is 19.5 Å². The number of amides is 1. The molecule has 0 spiro atoms. The number of carbonyl (C=O) groups is 1. The van der Waals surface area contributed by atoms with Crippen molar-refractivity contribution in [1.29, 1.82) is 0 Å². The monoisotopic (exact) mass is 619 g/mol. The third-order valence-electron chi connectivity index (χ3n) is 6.80. The second-order valence-electron chi connectivity index (χ2n) is 10.3. The molecule has 1 saturated heterocycles. The minimum absolute atomic E-state index is 0.0488. The van der Waals surface area contributed by atoms with Crippen molar-refractivity contribution < 1.29 is 13.7 Å². The topological polar surface area (TPSA) is 139 Å². The number of fused-ring (bicyclic) bond motifs is 1. The first-order valence-corrected chi connectivity index (χ1v) is 15.1. The van der Waals surface area contributed by atoms with Crippen molar-refractivity contribution in [2.24, 2.45) is 16.5 Å². The molecule has 1 fully saturated rings. The van der Waals surface area contributed by atoms with Gasteiger partial charge in [0.05, 0.1) is 16.5 Å². The van der Waals surface area contributed by atoms with E-state index in [1.54, 1.807) is 30.9 Å². The summed E-state index contributed by atoms with van der Waals surface area (Å²) in [5.41, 5.74) is 11.8. The Morgan fingerprint density at radius 2 is 1.85 bits per heavy atom. The number of pyridine rings is 1. The maximum Gasteiger partial charge on any atom is 0.243 e. The van der Waals surface area contributed by atoms with Crippen LogP contribution >= 0.6 is 23.2 Å². The molecule has 1 aliphatic rings. The summed E-state index contributed by atoms with van der Waals surface area (Å²) >= 11 is 13.2. The van der Waals surface area contributed by atoms with Crippen molar-refractivity contribution in [3.05, 3.63) is 63.8 Å². The lowest BCUT2D eigenvalue weighted by atomic mass is 10.0. The third kappa shape index (κ3) is 7.66. The van der Waals surface area contributed by atoms with Gasteiger partial charge in [0.25, 0.3) is 0 Å². The molecule has 2 heterocycles. The van der Waals surface area contributed by atoms with Gasteiger partial charge in [0.2, 0.25) is 5.91 Å². The van der Waals surface area contributed by atoms with Gasteiger partial charge in [-0.25, -0.2) is 13.9 Å². The molecule has 41 heavy (non-hydrogen) atoms. The minimum atomic E-state index is -1.80. The van der Waals surface area contributed by atoms with Crippen LogP contribution in [0.25, 0.3) is 10.9 Å². The molecule has 3 aromatic rings. The Morgan fingerprint density at radius 1 is 1.12 bits per heavy atom. The molecule has 0 radical (unpaired) electrons. The molecular weight excluding hydrogens is 585 g/mol. The molecule has 0 saturated carbocycles. The van der Waals surface area contributed by atoms with Crippen LogP contribution in [0.15, 0.2) is 52.4 Å². The van der Waals surface area contributed by atoms with E-state index in [0.717, 1.165) is 16.6 Å². The average Bonchev–Trinajstić information content (AvgIpc) is 2.92. The van der Waals surface area contributed by atoms with E-state index >= 15 is 0 Å². The largest absolute Gasteiger partial charge is 0.487 e. The maximum atomic E-state index is 13.5. The summed E-state index contributed by atoms with van der Waals surface area (Å²) in [5, 5.41) is 1.54. The van der Waals surface area contributed by atoms with Crippen LogP contribution in [0.3, 0.4) is 0 Å². The second-order valence-corrected chi connectivity index (χ2v) is 12.3. The molecule has 5 N–H and O–H groups in total. The fourth-order valence-electron chi connectivity index (χ4n) is 4.56. The van der Waals surface area contributed by atoms with E-state index in [-0.39, 0.29) is 23.5 Å². The molecule has 0 aliphatic carbocycles. The summed E-state index contributed by atoms with van der Waals surface area (Å²) in [4.78, 5) is 26.2. The van der Waals surface area contributed by atoms with Crippen molar-refractivity contribution in [2.45, 2.75) is 37.8 Å². The van der Waals surface area contributed by atoms with Gasteiger partial charge in [0, 0.05) is 54.4 Å². The van der Waals surface area contributed by atoms with Crippen LogP contribution < -0.4 is 20.9 Å². The molecular formula is C28H35Cl2N7O3S. The number of aromatic nitrogens is 1. The number of para-hydroxylation sites is 1. The number of carbonyl (C=O) groups excluding carboxylic acids is 1. The SMILES string of the molecule is Cc1ccc2cccc(OCc3c(Cl)ccc(S(=O)NC(C)(C)C(=O)N4CCN(CCN=C(N)N)CC4)c3Cl)c2n1. The first kappa shape index (κ1) is 31.0.